The van der Waals surface area contributed by atoms with Crippen LogP contribution in [0.5, 0.6) is 0 Å². The fraction of sp³-hybridized carbons (Fsp3) is 0.593. The molecule has 12 heteroatoms. The number of likely N-dealkylation sites (tertiary alicyclic amines) is 1. The molecule has 0 radical (unpaired) electrons. The molecule has 0 aromatic carbocycles. The number of pyridine rings is 2. The van der Waals surface area contributed by atoms with E-state index in [4.69, 9.17) is 32.9 Å². The third-order valence-corrected chi connectivity index (χ3v) is 9.23. The smallest absolute Gasteiger partial charge is 0.251 e. The number of ether oxygens (including phenoxy) is 1. The number of rotatable bonds is 7. The van der Waals surface area contributed by atoms with E-state index in [0.29, 0.717) is 40.6 Å². The maximum absolute atomic E-state index is 12.6. The summed E-state index contributed by atoms with van der Waals surface area (Å²) in [7, 11) is 0. The molecule has 3 aliphatic heterocycles. The number of anilines is 1. The van der Waals surface area contributed by atoms with Crippen molar-refractivity contribution < 1.29 is 13.5 Å². The SMILES string of the molecule is C[C@@H](OC1CCC2NNC(c3cnc(N4CC5(CN(CC(F)F)C5)C4)c(C#N)c3)C2C1)c1c(Cl)cncc1Cl. The van der Waals surface area contributed by atoms with Gasteiger partial charge in [0.1, 0.15) is 11.9 Å². The second-order valence-electron chi connectivity index (χ2n) is 11.4. The molecule has 6 rings (SSSR count). The van der Waals surface area contributed by atoms with Crippen LogP contribution in [0.15, 0.2) is 24.7 Å². The van der Waals surface area contributed by atoms with Crippen LogP contribution in [-0.4, -0.2) is 66.2 Å². The first-order valence-electron chi connectivity index (χ1n) is 13.4. The average molecular weight is 578 g/mol. The lowest BCUT2D eigenvalue weighted by molar-refractivity contribution is -0.0515. The van der Waals surface area contributed by atoms with Crippen LogP contribution in [0.2, 0.25) is 10.0 Å². The van der Waals surface area contributed by atoms with Crippen LogP contribution in [0.25, 0.3) is 0 Å². The van der Waals surface area contributed by atoms with Crippen molar-refractivity contribution in [2.75, 3.05) is 37.6 Å². The fourth-order valence-corrected chi connectivity index (χ4v) is 7.63. The molecule has 208 valence electrons. The molecule has 0 bridgehead atoms. The number of nitrogens with one attached hydrogen (secondary N) is 2. The third-order valence-electron chi connectivity index (χ3n) is 8.63. The second kappa shape index (κ2) is 10.7. The number of alkyl halides is 2. The minimum Gasteiger partial charge on any atom is -0.370 e. The van der Waals surface area contributed by atoms with E-state index in [2.05, 4.69) is 26.8 Å². The Hall–Kier alpha value is -2.13. The number of aromatic nitrogens is 2. The molecule has 4 aliphatic rings. The van der Waals surface area contributed by atoms with Crippen LogP contribution in [0.4, 0.5) is 14.6 Å². The molecular formula is C27H31Cl2F2N7O. The van der Waals surface area contributed by atoms with Gasteiger partial charge in [0, 0.05) is 61.8 Å². The number of hydrazine groups is 1. The van der Waals surface area contributed by atoms with Crippen molar-refractivity contribution in [2.24, 2.45) is 11.3 Å². The Morgan fingerprint density at radius 3 is 2.59 bits per heavy atom. The van der Waals surface area contributed by atoms with Gasteiger partial charge in [-0.1, -0.05) is 23.2 Å². The van der Waals surface area contributed by atoms with Crippen LogP contribution in [0, 0.1) is 22.7 Å². The van der Waals surface area contributed by atoms with Crippen molar-refractivity contribution in [3.63, 3.8) is 0 Å². The van der Waals surface area contributed by atoms with Gasteiger partial charge in [-0.3, -0.25) is 15.3 Å². The molecule has 2 N–H and O–H groups in total. The lowest BCUT2D eigenvalue weighted by atomic mass is 9.72. The first kappa shape index (κ1) is 27.1. The van der Waals surface area contributed by atoms with Gasteiger partial charge in [0.15, 0.2) is 0 Å². The van der Waals surface area contributed by atoms with E-state index in [0.717, 1.165) is 43.5 Å². The molecule has 2 aromatic heterocycles. The fourth-order valence-electron chi connectivity index (χ4n) is 6.96. The van der Waals surface area contributed by atoms with Gasteiger partial charge < -0.3 is 9.64 Å². The molecule has 5 heterocycles. The van der Waals surface area contributed by atoms with Crippen LogP contribution in [0.1, 0.15) is 55.0 Å². The molecule has 5 atom stereocenters. The third kappa shape index (κ3) is 5.21. The highest BCUT2D eigenvalue weighted by molar-refractivity contribution is 6.35. The van der Waals surface area contributed by atoms with Gasteiger partial charge in [0.25, 0.3) is 6.43 Å². The lowest BCUT2D eigenvalue weighted by Crippen LogP contribution is -2.72. The molecule has 1 aliphatic carbocycles. The predicted molar refractivity (Wildman–Crippen MR) is 144 cm³/mol. The van der Waals surface area contributed by atoms with Crippen molar-refractivity contribution in [1.29, 1.82) is 5.26 Å². The van der Waals surface area contributed by atoms with Crippen molar-refractivity contribution in [3.8, 4) is 6.07 Å². The number of fused-ring (bicyclic) bond motifs is 1. The average Bonchev–Trinajstić information content (AvgIpc) is 3.27. The molecule has 39 heavy (non-hydrogen) atoms. The Bertz CT molecular complexity index is 1240. The molecule has 1 saturated carbocycles. The predicted octanol–water partition coefficient (Wildman–Crippen LogP) is 4.51. The Labute approximate surface area is 236 Å². The van der Waals surface area contributed by atoms with E-state index >= 15 is 0 Å². The molecule has 1 spiro atoms. The number of hydrogen-bond donors (Lipinski definition) is 2. The number of hydrogen-bond acceptors (Lipinski definition) is 8. The zero-order valence-electron chi connectivity index (χ0n) is 21.6. The first-order valence-corrected chi connectivity index (χ1v) is 14.1. The highest BCUT2D eigenvalue weighted by atomic mass is 35.5. The van der Waals surface area contributed by atoms with Crippen LogP contribution < -0.4 is 15.8 Å². The summed E-state index contributed by atoms with van der Waals surface area (Å²) in [5, 5.41) is 10.9. The highest BCUT2D eigenvalue weighted by Crippen LogP contribution is 2.44. The van der Waals surface area contributed by atoms with Crippen LogP contribution in [-0.2, 0) is 4.74 Å². The molecule has 3 saturated heterocycles. The number of nitriles is 1. The standard InChI is InChI=1S/C27H31Cl2F2N7O/c1-15(24-20(28)8-33-9-21(24)29)39-18-2-3-22-19(5-18)25(36-35-22)17-4-16(6-32)26(34-7-17)38-13-27(14-38)11-37(12-27)10-23(30)31/h4,7-9,15,18-19,22-23,25,35-36H,2-3,5,10-14H2,1H3/t15-,18?,19?,22?,25?/m1/s1. The summed E-state index contributed by atoms with van der Waals surface area (Å²) in [4.78, 5) is 12.6. The van der Waals surface area contributed by atoms with Crippen molar-refractivity contribution in [1.82, 2.24) is 25.7 Å². The molecule has 4 fully saturated rings. The van der Waals surface area contributed by atoms with E-state index < -0.39 is 6.43 Å². The zero-order valence-corrected chi connectivity index (χ0v) is 23.1. The molecule has 4 unspecified atom stereocenters. The summed E-state index contributed by atoms with van der Waals surface area (Å²) >= 11 is 12.7. The molecular weight excluding hydrogens is 547 g/mol. The summed E-state index contributed by atoms with van der Waals surface area (Å²) in [5.41, 5.74) is 9.17. The Balaban J connectivity index is 1.11. The lowest BCUT2D eigenvalue weighted by Gasteiger charge is -2.60. The second-order valence-corrected chi connectivity index (χ2v) is 12.2. The topological polar surface area (TPSA) is 89.3 Å². The van der Waals surface area contributed by atoms with Gasteiger partial charge in [0.2, 0.25) is 0 Å². The largest absolute Gasteiger partial charge is 0.370 e. The van der Waals surface area contributed by atoms with E-state index in [-0.39, 0.29) is 36.1 Å². The minimum atomic E-state index is -2.30. The van der Waals surface area contributed by atoms with Gasteiger partial charge >= 0.3 is 0 Å². The van der Waals surface area contributed by atoms with E-state index in [9.17, 15) is 14.0 Å². The van der Waals surface area contributed by atoms with Crippen LogP contribution >= 0.6 is 23.2 Å². The quantitative estimate of drug-likeness (QED) is 0.497. The van der Waals surface area contributed by atoms with Crippen molar-refractivity contribution in [3.05, 3.63) is 51.4 Å². The van der Waals surface area contributed by atoms with E-state index in [1.54, 1.807) is 17.3 Å². The van der Waals surface area contributed by atoms with E-state index in [1.807, 2.05) is 19.2 Å². The number of nitrogens with zero attached hydrogens (tertiary/aromatic N) is 5. The Kier molecular flexibility index (Phi) is 7.42. The first-order chi connectivity index (χ1) is 18.7. The summed E-state index contributed by atoms with van der Waals surface area (Å²) in [6.07, 6.45) is 5.21. The number of halogens is 4. The van der Waals surface area contributed by atoms with Crippen LogP contribution in [0.3, 0.4) is 0 Å². The highest BCUT2D eigenvalue weighted by Gasteiger charge is 2.52. The monoisotopic (exact) mass is 577 g/mol. The summed E-state index contributed by atoms with van der Waals surface area (Å²) in [5.74, 6) is 0.938. The summed E-state index contributed by atoms with van der Waals surface area (Å²) < 4.78 is 31.7. The maximum Gasteiger partial charge on any atom is 0.251 e. The molecule has 8 nitrogen and oxygen atoms in total. The Morgan fingerprint density at radius 1 is 1.15 bits per heavy atom. The Morgan fingerprint density at radius 2 is 1.90 bits per heavy atom. The zero-order chi connectivity index (χ0) is 27.3. The summed E-state index contributed by atoms with van der Waals surface area (Å²) in [6.45, 7) is 4.63. The van der Waals surface area contributed by atoms with Crippen molar-refractivity contribution >= 4 is 29.0 Å². The molecule has 0 amide bonds. The van der Waals surface area contributed by atoms with Gasteiger partial charge in [-0.2, -0.15) is 5.26 Å². The normalized spacial score (nSPS) is 28.6. The van der Waals surface area contributed by atoms with Gasteiger partial charge in [-0.05, 0) is 43.7 Å². The van der Waals surface area contributed by atoms with Gasteiger partial charge in [0.05, 0.1) is 40.4 Å². The van der Waals surface area contributed by atoms with Gasteiger partial charge in [-0.25, -0.2) is 19.2 Å². The maximum atomic E-state index is 12.6. The minimum absolute atomic E-state index is 0.00396. The summed E-state index contributed by atoms with van der Waals surface area (Å²) in [6, 6.07) is 4.55. The van der Waals surface area contributed by atoms with Crippen molar-refractivity contribution in [2.45, 2.75) is 56.9 Å². The molecule has 2 aromatic rings. The van der Waals surface area contributed by atoms with E-state index in [1.165, 1.54) is 0 Å². The van der Waals surface area contributed by atoms with Gasteiger partial charge in [-0.15, -0.1) is 0 Å².